The first-order valence-electron chi connectivity index (χ1n) is 10.3. The molecule has 0 spiro atoms. The third-order valence-corrected chi connectivity index (χ3v) is 6.10. The van der Waals surface area contributed by atoms with E-state index >= 15 is 0 Å². The minimum Gasteiger partial charge on any atom is -0.353 e. The molecule has 29 heavy (non-hydrogen) atoms. The van der Waals surface area contributed by atoms with Crippen molar-refractivity contribution in [1.29, 1.82) is 0 Å². The molecule has 1 saturated carbocycles. The third kappa shape index (κ3) is 5.82. The van der Waals surface area contributed by atoms with Crippen molar-refractivity contribution in [3.8, 4) is 0 Å². The van der Waals surface area contributed by atoms with Crippen LogP contribution in [0.1, 0.15) is 68.2 Å². The predicted molar refractivity (Wildman–Crippen MR) is 114 cm³/mol. The lowest BCUT2D eigenvalue weighted by atomic mass is 9.95. The third-order valence-electron chi connectivity index (χ3n) is 5.14. The van der Waals surface area contributed by atoms with E-state index in [9.17, 15) is 9.59 Å². The van der Waals surface area contributed by atoms with Gasteiger partial charge in [0, 0.05) is 18.2 Å². The van der Waals surface area contributed by atoms with Gasteiger partial charge in [0.05, 0.1) is 11.8 Å². The van der Waals surface area contributed by atoms with E-state index in [0.29, 0.717) is 34.9 Å². The molecule has 8 heteroatoms. The molecule has 1 heterocycles. The van der Waals surface area contributed by atoms with Gasteiger partial charge in [-0.1, -0.05) is 49.2 Å². The summed E-state index contributed by atoms with van der Waals surface area (Å²) in [6, 6.07) is 9.12. The molecule has 2 N–H and O–H groups in total. The van der Waals surface area contributed by atoms with Crippen LogP contribution in [0.5, 0.6) is 0 Å². The zero-order chi connectivity index (χ0) is 20.6. The summed E-state index contributed by atoms with van der Waals surface area (Å²) in [7, 11) is 0. The molecule has 2 amide bonds. The molecule has 7 nitrogen and oxygen atoms in total. The van der Waals surface area contributed by atoms with Crippen LogP contribution in [-0.4, -0.2) is 38.4 Å². The number of hydrogen-bond acceptors (Lipinski definition) is 5. The average molecular weight is 416 g/mol. The molecule has 3 rings (SSSR count). The minimum atomic E-state index is -0.291. The number of nitrogens with zero attached hydrogens (tertiary/aromatic N) is 3. The minimum absolute atomic E-state index is 0.0412. The lowest BCUT2D eigenvalue weighted by molar-refractivity contribution is -0.119. The number of carbonyl (C=O) groups is 2. The molecular weight excluding hydrogens is 386 g/mol. The summed E-state index contributed by atoms with van der Waals surface area (Å²) >= 11 is 1.39. The van der Waals surface area contributed by atoms with Gasteiger partial charge in [-0.15, -0.1) is 10.2 Å². The van der Waals surface area contributed by atoms with Crippen LogP contribution in [0.4, 0.5) is 0 Å². The summed E-state index contributed by atoms with van der Waals surface area (Å²) in [5.41, 5.74) is 0.607. The van der Waals surface area contributed by atoms with Crippen molar-refractivity contribution in [2.24, 2.45) is 0 Å². The highest BCUT2D eigenvalue weighted by molar-refractivity contribution is 7.99. The number of nitrogens with one attached hydrogen (secondary N) is 2. The Hall–Kier alpha value is -2.35. The molecular formula is C21H29N5O2S. The summed E-state index contributed by atoms with van der Waals surface area (Å²) in [5.74, 6) is 0.899. The second-order valence-electron chi connectivity index (χ2n) is 7.34. The van der Waals surface area contributed by atoms with E-state index in [1.54, 1.807) is 12.1 Å². The van der Waals surface area contributed by atoms with Gasteiger partial charge in [0.15, 0.2) is 11.0 Å². The molecule has 1 aromatic heterocycles. The van der Waals surface area contributed by atoms with Crippen molar-refractivity contribution in [2.75, 3.05) is 5.75 Å². The van der Waals surface area contributed by atoms with Gasteiger partial charge in [0.1, 0.15) is 0 Å². The van der Waals surface area contributed by atoms with E-state index in [4.69, 9.17) is 0 Å². The number of carbonyl (C=O) groups excluding carboxylic acids is 2. The van der Waals surface area contributed by atoms with Gasteiger partial charge in [-0.25, -0.2) is 0 Å². The van der Waals surface area contributed by atoms with Crippen LogP contribution >= 0.6 is 11.8 Å². The largest absolute Gasteiger partial charge is 0.353 e. The van der Waals surface area contributed by atoms with Gasteiger partial charge < -0.3 is 15.2 Å². The van der Waals surface area contributed by atoms with Crippen molar-refractivity contribution in [3.63, 3.8) is 0 Å². The van der Waals surface area contributed by atoms with Crippen molar-refractivity contribution >= 4 is 23.6 Å². The van der Waals surface area contributed by atoms with E-state index < -0.39 is 0 Å². The Bertz CT molecular complexity index is 818. The highest BCUT2D eigenvalue weighted by atomic mass is 32.2. The normalized spacial score (nSPS) is 15.7. The molecule has 1 atom stereocenters. The first kappa shape index (κ1) is 21.4. The fourth-order valence-electron chi connectivity index (χ4n) is 3.60. The molecule has 156 valence electrons. The van der Waals surface area contributed by atoms with Crippen molar-refractivity contribution in [1.82, 2.24) is 25.4 Å². The van der Waals surface area contributed by atoms with Gasteiger partial charge in [-0.3, -0.25) is 9.59 Å². The number of rotatable bonds is 8. The van der Waals surface area contributed by atoms with Crippen LogP contribution in [0.3, 0.4) is 0 Å². The smallest absolute Gasteiger partial charge is 0.251 e. The molecule has 1 unspecified atom stereocenters. The van der Waals surface area contributed by atoms with Crippen LogP contribution in [0.15, 0.2) is 35.5 Å². The molecule has 1 fully saturated rings. The standard InChI is InChI=1S/C21H29N5O2S/c1-3-26-19(15(2)22-20(28)16-10-6-4-7-11-16)24-25-21(26)29-14-18(27)23-17-12-8-5-9-13-17/h4,6-7,10-11,15,17H,3,5,8-9,12-14H2,1-2H3,(H,22,28)(H,23,27). The topological polar surface area (TPSA) is 88.9 Å². The molecule has 0 saturated heterocycles. The number of hydrogen-bond donors (Lipinski definition) is 2. The lowest BCUT2D eigenvalue weighted by Crippen LogP contribution is -2.37. The first-order valence-corrected chi connectivity index (χ1v) is 11.3. The average Bonchev–Trinajstić information content (AvgIpc) is 3.16. The Balaban J connectivity index is 1.57. The van der Waals surface area contributed by atoms with Crippen LogP contribution in [0.2, 0.25) is 0 Å². The fourth-order valence-corrected chi connectivity index (χ4v) is 4.43. The number of amides is 2. The second kappa shape index (κ2) is 10.4. The molecule has 0 aliphatic heterocycles. The van der Waals surface area contributed by atoms with Gasteiger partial charge in [0.25, 0.3) is 5.91 Å². The summed E-state index contributed by atoms with van der Waals surface area (Å²) in [6.07, 6.45) is 5.80. The van der Waals surface area contributed by atoms with Crippen molar-refractivity contribution < 1.29 is 9.59 Å². The first-order chi connectivity index (χ1) is 14.1. The summed E-state index contributed by atoms with van der Waals surface area (Å²) in [5, 5.41) is 15.3. The quantitative estimate of drug-likeness (QED) is 0.646. The maximum Gasteiger partial charge on any atom is 0.251 e. The van der Waals surface area contributed by atoms with E-state index in [-0.39, 0.29) is 17.9 Å². The molecule has 1 aromatic carbocycles. The van der Waals surface area contributed by atoms with Crippen LogP contribution in [0.25, 0.3) is 0 Å². The monoisotopic (exact) mass is 415 g/mol. The second-order valence-corrected chi connectivity index (χ2v) is 8.28. The van der Waals surface area contributed by atoms with Gasteiger partial charge >= 0.3 is 0 Å². The molecule has 1 aliphatic carbocycles. The lowest BCUT2D eigenvalue weighted by Gasteiger charge is -2.22. The van der Waals surface area contributed by atoms with E-state index in [1.165, 1.54) is 31.0 Å². The predicted octanol–water partition coefficient (Wildman–Crippen LogP) is 3.33. The number of aromatic nitrogens is 3. The molecule has 0 bridgehead atoms. The number of benzene rings is 1. The van der Waals surface area contributed by atoms with Crippen molar-refractivity contribution in [3.05, 3.63) is 41.7 Å². The van der Waals surface area contributed by atoms with Crippen LogP contribution in [-0.2, 0) is 11.3 Å². The Morgan fingerprint density at radius 1 is 1.17 bits per heavy atom. The van der Waals surface area contributed by atoms with Gasteiger partial charge in [-0.05, 0) is 38.8 Å². The Kier molecular flexibility index (Phi) is 7.69. The number of thioether (sulfide) groups is 1. The highest BCUT2D eigenvalue weighted by Gasteiger charge is 2.21. The summed E-state index contributed by atoms with van der Waals surface area (Å²) in [4.78, 5) is 24.7. The van der Waals surface area contributed by atoms with E-state index in [2.05, 4.69) is 20.8 Å². The zero-order valence-electron chi connectivity index (χ0n) is 17.1. The van der Waals surface area contributed by atoms with Crippen LogP contribution in [0, 0.1) is 0 Å². The molecule has 2 aromatic rings. The summed E-state index contributed by atoms with van der Waals surface area (Å²) in [6.45, 7) is 4.56. The Morgan fingerprint density at radius 3 is 2.59 bits per heavy atom. The zero-order valence-corrected chi connectivity index (χ0v) is 17.9. The van der Waals surface area contributed by atoms with E-state index in [1.807, 2.05) is 36.6 Å². The van der Waals surface area contributed by atoms with Crippen LogP contribution < -0.4 is 10.6 Å². The van der Waals surface area contributed by atoms with Gasteiger partial charge in [-0.2, -0.15) is 0 Å². The maximum absolute atomic E-state index is 12.4. The fraction of sp³-hybridized carbons (Fsp3) is 0.524. The SMILES string of the molecule is CCn1c(SCC(=O)NC2CCCCC2)nnc1C(C)NC(=O)c1ccccc1. The molecule has 0 radical (unpaired) electrons. The summed E-state index contributed by atoms with van der Waals surface area (Å²) < 4.78 is 1.95. The molecule has 1 aliphatic rings. The maximum atomic E-state index is 12.4. The van der Waals surface area contributed by atoms with E-state index in [0.717, 1.165) is 12.8 Å². The Labute approximate surface area is 176 Å². The van der Waals surface area contributed by atoms with Gasteiger partial charge in [0.2, 0.25) is 5.91 Å². The highest BCUT2D eigenvalue weighted by Crippen LogP contribution is 2.22. The Morgan fingerprint density at radius 2 is 1.90 bits per heavy atom. The van der Waals surface area contributed by atoms with Crippen molar-refractivity contribution in [2.45, 2.75) is 69.7 Å².